The molecule has 0 spiro atoms. The quantitative estimate of drug-likeness (QED) is 0.0455. The number of unbranched alkanes of at least 4 members (excludes halogenated alkanes) is 3. The minimum atomic E-state index is -0.542. The lowest BCUT2D eigenvalue weighted by molar-refractivity contribution is -0.118. The van der Waals surface area contributed by atoms with Crippen molar-refractivity contribution in [3.05, 3.63) is 245 Å². The fourth-order valence-electron chi connectivity index (χ4n) is 10.3. The van der Waals surface area contributed by atoms with Gasteiger partial charge < -0.3 is 19.9 Å². The Morgan fingerprint density at radius 3 is 1.42 bits per heavy atom. The van der Waals surface area contributed by atoms with Gasteiger partial charge in [0.1, 0.15) is 5.75 Å². The molecule has 1 amide bonds. The molecule has 356 valence electrons. The maximum Gasteiger partial charge on any atom is 0.230 e. The number of likely N-dealkylation sites (tertiary alicyclic amines) is 1. The van der Waals surface area contributed by atoms with Gasteiger partial charge in [-0.2, -0.15) is 0 Å². The monoisotopic (exact) mass is 951 g/mol. The van der Waals surface area contributed by atoms with Crippen molar-refractivity contribution in [1.29, 1.82) is 0 Å². The van der Waals surface area contributed by atoms with Gasteiger partial charge in [-0.3, -0.25) is 4.79 Å². The number of hydrogen-bond donors (Lipinski definition) is 1. The van der Waals surface area contributed by atoms with E-state index in [0.29, 0.717) is 18.2 Å². The number of carbonyl (C=O) groups excluding carboxylic acids is 1. The molecule has 7 aromatic rings. The smallest absolute Gasteiger partial charge is 0.230 e. The van der Waals surface area contributed by atoms with E-state index in [0.717, 1.165) is 67.3 Å². The molecule has 7 heteroatoms. The highest BCUT2D eigenvalue weighted by atomic mass is 32.2. The number of para-hydroxylation sites is 1. The molecular weight excluding hydrogens is 883 g/mol. The normalized spacial score (nSPS) is 13.6. The van der Waals surface area contributed by atoms with Gasteiger partial charge in [-0.25, -0.2) is 0 Å². The first-order valence-corrected chi connectivity index (χ1v) is 27.0. The third-order valence-corrected chi connectivity index (χ3v) is 16.9. The highest BCUT2D eigenvalue weighted by molar-refractivity contribution is 8.01. The molecule has 69 heavy (non-hydrogen) atoms. The maximum atomic E-state index is 14.0. The number of hydrogen-bond acceptors (Lipinski definition) is 6. The highest BCUT2D eigenvalue weighted by Crippen LogP contribution is 2.49. The van der Waals surface area contributed by atoms with Crippen LogP contribution in [0.2, 0.25) is 0 Å². The second kappa shape index (κ2) is 25.9. The number of methoxy groups -OCH3 is 1. The molecule has 1 aliphatic heterocycles. The minimum Gasteiger partial charge on any atom is -0.496 e. The second-order valence-electron chi connectivity index (χ2n) is 18.2. The van der Waals surface area contributed by atoms with E-state index >= 15 is 0 Å². The first kappa shape index (κ1) is 49.8. The van der Waals surface area contributed by atoms with Crippen molar-refractivity contribution in [3.63, 3.8) is 0 Å². The van der Waals surface area contributed by atoms with Crippen LogP contribution in [0.25, 0.3) is 0 Å². The molecule has 0 atom stereocenters. The van der Waals surface area contributed by atoms with Crippen LogP contribution in [0.4, 0.5) is 0 Å². The molecule has 1 saturated heterocycles. The van der Waals surface area contributed by atoms with Crippen LogP contribution in [-0.4, -0.2) is 80.1 Å². The Kier molecular flexibility index (Phi) is 18.7. The molecule has 0 aliphatic carbocycles. The Balaban J connectivity index is 0.916. The zero-order valence-electron chi connectivity index (χ0n) is 40.3. The number of carbonyl (C=O) groups is 1. The number of thioether (sulfide) groups is 2. The summed E-state index contributed by atoms with van der Waals surface area (Å²) in [4.78, 5) is 19.3. The second-order valence-corrected chi connectivity index (χ2v) is 20.7. The third-order valence-electron chi connectivity index (χ3n) is 13.8. The van der Waals surface area contributed by atoms with Crippen LogP contribution in [0.3, 0.4) is 0 Å². The third kappa shape index (κ3) is 12.8. The number of benzene rings is 7. The molecular formula is C62H69N3O2S2. The average Bonchev–Trinajstić information content (AvgIpc) is 3.42. The first-order valence-electron chi connectivity index (χ1n) is 25.1. The van der Waals surface area contributed by atoms with Crippen LogP contribution in [0, 0.1) is 0 Å². The van der Waals surface area contributed by atoms with E-state index in [4.69, 9.17) is 4.74 Å². The number of ether oxygens (including phenoxy) is 1. The molecule has 1 aliphatic rings. The zero-order valence-corrected chi connectivity index (χ0v) is 42.0. The van der Waals surface area contributed by atoms with E-state index in [1.807, 2.05) is 11.8 Å². The van der Waals surface area contributed by atoms with Gasteiger partial charge in [0, 0.05) is 25.4 Å². The predicted molar refractivity (Wildman–Crippen MR) is 293 cm³/mol. The summed E-state index contributed by atoms with van der Waals surface area (Å²) in [5.41, 5.74) is 8.70. The van der Waals surface area contributed by atoms with E-state index in [2.05, 4.69) is 221 Å². The molecule has 0 saturated carbocycles. The highest BCUT2D eigenvalue weighted by Gasteiger charge is 2.38. The van der Waals surface area contributed by atoms with Crippen molar-refractivity contribution < 1.29 is 9.53 Å². The Labute approximate surface area is 421 Å². The summed E-state index contributed by atoms with van der Waals surface area (Å²) in [7, 11) is 1.79. The van der Waals surface area contributed by atoms with Crippen molar-refractivity contribution in [2.75, 3.05) is 64.4 Å². The van der Waals surface area contributed by atoms with E-state index in [1.165, 1.54) is 60.9 Å². The topological polar surface area (TPSA) is 44.8 Å². The summed E-state index contributed by atoms with van der Waals surface area (Å²) in [6, 6.07) is 73.5. The van der Waals surface area contributed by atoms with Gasteiger partial charge in [0.15, 0.2) is 0 Å². The van der Waals surface area contributed by atoms with Crippen LogP contribution in [0.15, 0.2) is 206 Å². The fourth-order valence-corrected chi connectivity index (χ4v) is 13.2. The first-order chi connectivity index (χ1) is 34.1. The molecule has 1 fully saturated rings. The number of rotatable bonds is 25. The molecule has 8 rings (SSSR count). The van der Waals surface area contributed by atoms with Gasteiger partial charge in [0.25, 0.3) is 0 Å². The fraction of sp³-hybridized carbons (Fsp3) is 0.306. The maximum absolute atomic E-state index is 14.0. The summed E-state index contributed by atoms with van der Waals surface area (Å²) in [6.45, 7) is 6.80. The van der Waals surface area contributed by atoms with Crippen molar-refractivity contribution in [2.45, 2.75) is 53.9 Å². The van der Waals surface area contributed by atoms with Crippen molar-refractivity contribution in [2.24, 2.45) is 0 Å². The van der Waals surface area contributed by atoms with Gasteiger partial charge in [0.05, 0.1) is 22.4 Å². The standard InChI is InChI=1S/C62H69N3O2S2/c1-67-59-39-23-22-38-58(59)51-40-45-64(46-41-51)43-24-2-3-25-44-65(48-49-68-61(52-26-10-4-11-27-52,53-28-12-5-13-29-53)54-30-14-6-15-31-54)47-42-63-60(66)50-69-62(55-32-16-7-17-33-55,56-34-18-8-19-35-56)57-36-20-9-21-37-57/h4-23,26-39,51H,2-3,24-25,40-50H2,1H3,(H,63,66). The van der Waals surface area contributed by atoms with Crippen LogP contribution in [-0.2, 0) is 14.3 Å². The Hall–Kier alpha value is -5.57. The summed E-state index contributed by atoms with van der Waals surface area (Å²) < 4.78 is 4.78. The Bertz CT molecular complexity index is 2350. The molecule has 0 radical (unpaired) electrons. The average molecular weight is 952 g/mol. The molecule has 0 aromatic heterocycles. The summed E-state index contributed by atoms with van der Waals surface area (Å²) in [5.74, 6) is 2.93. The lowest BCUT2D eigenvalue weighted by Crippen LogP contribution is -2.38. The largest absolute Gasteiger partial charge is 0.496 e. The Morgan fingerprint density at radius 1 is 0.536 bits per heavy atom. The zero-order chi connectivity index (χ0) is 47.4. The van der Waals surface area contributed by atoms with Crippen LogP contribution in [0.1, 0.15) is 83.4 Å². The lowest BCUT2D eigenvalue weighted by Gasteiger charge is -2.36. The van der Waals surface area contributed by atoms with E-state index in [1.54, 1.807) is 18.9 Å². The van der Waals surface area contributed by atoms with E-state index in [-0.39, 0.29) is 10.7 Å². The molecule has 1 N–H and O–H groups in total. The van der Waals surface area contributed by atoms with Crippen LogP contribution >= 0.6 is 23.5 Å². The number of piperidine rings is 1. The molecule has 0 bridgehead atoms. The SMILES string of the molecule is COc1ccccc1C1CCN(CCCCCCN(CCNC(=O)CSC(c2ccccc2)(c2ccccc2)c2ccccc2)CCSC(c2ccccc2)(c2ccccc2)c2ccccc2)CC1. The number of nitrogens with one attached hydrogen (secondary N) is 1. The molecule has 1 heterocycles. The van der Waals surface area contributed by atoms with Crippen LogP contribution < -0.4 is 10.1 Å². The predicted octanol–water partition coefficient (Wildman–Crippen LogP) is 13.3. The van der Waals surface area contributed by atoms with Gasteiger partial charge in [-0.15, -0.1) is 23.5 Å². The molecule has 0 unspecified atom stereocenters. The van der Waals surface area contributed by atoms with Crippen molar-refractivity contribution >= 4 is 29.4 Å². The summed E-state index contributed by atoms with van der Waals surface area (Å²) in [5, 5.41) is 3.37. The molecule has 5 nitrogen and oxygen atoms in total. The van der Waals surface area contributed by atoms with Crippen molar-refractivity contribution in [3.8, 4) is 5.75 Å². The van der Waals surface area contributed by atoms with Gasteiger partial charge in [-0.1, -0.05) is 213 Å². The summed E-state index contributed by atoms with van der Waals surface area (Å²) >= 11 is 3.72. The van der Waals surface area contributed by atoms with Crippen LogP contribution in [0.5, 0.6) is 5.75 Å². The van der Waals surface area contributed by atoms with Crippen molar-refractivity contribution in [1.82, 2.24) is 15.1 Å². The van der Waals surface area contributed by atoms with Gasteiger partial charge >= 0.3 is 0 Å². The Morgan fingerprint density at radius 2 is 0.957 bits per heavy atom. The number of nitrogens with zero attached hydrogens (tertiary/aromatic N) is 2. The van der Waals surface area contributed by atoms with Gasteiger partial charge in [0.2, 0.25) is 5.91 Å². The van der Waals surface area contributed by atoms with E-state index in [9.17, 15) is 4.79 Å². The lowest BCUT2D eigenvalue weighted by atomic mass is 9.84. The van der Waals surface area contributed by atoms with Gasteiger partial charge in [-0.05, 0) is 103 Å². The van der Waals surface area contributed by atoms with E-state index < -0.39 is 4.75 Å². The summed E-state index contributed by atoms with van der Waals surface area (Å²) in [6.07, 6.45) is 7.18. The number of amides is 1. The molecule has 7 aromatic carbocycles. The minimum absolute atomic E-state index is 0.0599.